The SMILES string of the molecule is COC(=O)c1cc(OC)ccc1NC(=O)C(C)NC(=O)C(C)(C)C. The molecule has 1 aromatic rings. The quantitative estimate of drug-likeness (QED) is 0.802. The third kappa shape index (κ3) is 4.97. The summed E-state index contributed by atoms with van der Waals surface area (Å²) in [6, 6.07) is 3.87. The Bertz CT molecular complexity index is 634. The van der Waals surface area contributed by atoms with Gasteiger partial charge in [0, 0.05) is 5.41 Å². The van der Waals surface area contributed by atoms with E-state index < -0.39 is 23.3 Å². The molecule has 0 saturated heterocycles. The Morgan fingerprint density at radius 2 is 1.75 bits per heavy atom. The van der Waals surface area contributed by atoms with E-state index in [-0.39, 0.29) is 17.2 Å². The summed E-state index contributed by atoms with van der Waals surface area (Å²) in [5, 5.41) is 5.26. The number of ether oxygens (including phenoxy) is 2. The average molecular weight is 336 g/mol. The maximum absolute atomic E-state index is 12.3. The first-order valence-corrected chi connectivity index (χ1v) is 7.48. The predicted molar refractivity (Wildman–Crippen MR) is 90.0 cm³/mol. The van der Waals surface area contributed by atoms with Gasteiger partial charge in [0.05, 0.1) is 25.5 Å². The van der Waals surface area contributed by atoms with E-state index in [1.54, 1.807) is 39.8 Å². The molecule has 0 aliphatic rings. The summed E-state index contributed by atoms with van der Waals surface area (Å²) in [6.07, 6.45) is 0. The van der Waals surface area contributed by atoms with Gasteiger partial charge in [-0.15, -0.1) is 0 Å². The summed E-state index contributed by atoms with van der Waals surface area (Å²) in [7, 11) is 2.72. The summed E-state index contributed by atoms with van der Waals surface area (Å²) in [4.78, 5) is 36.1. The van der Waals surface area contributed by atoms with Crippen LogP contribution in [0.3, 0.4) is 0 Å². The average Bonchev–Trinajstić information content (AvgIpc) is 2.53. The van der Waals surface area contributed by atoms with Crippen molar-refractivity contribution in [3.05, 3.63) is 23.8 Å². The van der Waals surface area contributed by atoms with Crippen molar-refractivity contribution in [1.29, 1.82) is 0 Å². The highest BCUT2D eigenvalue weighted by atomic mass is 16.5. The minimum Gasteiger partial charge on any atom is -0.497 e. The normalized spacial score (nSPS) is 12.1. The molecule has 0 aromatic heterocycles. The smallest absolute Gasteiger partial charge is 0.340 e. The first-order valence-electron chi connectivity index (χ1n) is 7.48. The van der Waals surface area contributed by atoms with Crippen molar-refractivity contribution in [2.75, 3.05) is 19.5 Å². The minimum atomic E-state index is -0.760. The molecule has 0 saturated carbocycles. The first-order chi connectivity index (χ1) is 11.1. The van der Waals surface area contributed by atoms with Gasteiger partial charge in [-0.2, -0.15) is 0 Å². The highest BCUT2D eigenvalue weighted by Gasteiger charge is 2.25. The third-order valence-corrected chi connectivity index (χ3v) is 3.31. The van der Waals surface area contributed by atoms with Crippen LogP contribution in [-0.2, 0) is 14.3 Å². The van der Waals surface area contributed by atoms with Gasteiger partial charge < -0.3 is 20.1 Å². The van der Waals surface area contributed by atoms with Crippen molar-refractivity contribution >= 4 is 23.5 Å². The van der Waals surface area contributed by atoms with E-state index in [9.17, 15) is 14.4 Å². The molecule has 0 heterocycles. The second-order valence-electron chi connectivity index (χ2n) is 6.34. The van der Waals surface area contributed by atoms with Crippen LogP contribution in [0.2, 0.25) is 0 Å². The molecule has 1 rings (SSSR count). The molecule has 7 heteroatoms. The van der Waals surface area contributed by atoms with Crippen LogP contribution in [0.25, 0.3) is 0 Å². The number of carbonyl (C=O) groups excluding carboxylic acids is 3. The van der Waals surface area contributed by atoms with E-state index in [1.807, 2.05) is 0 Å². The summed E-state index contributed by atoms with van der Waals surface area (Å²) < 4.78 is 9.78. The molecule has 0 aliphatic carbocycles. The number of carbonyl (C=O) groups is 3. The Balaban J connectivity index is 2.93. The van der Waals surface area contributed by atoms with Gasteiger partial charge in [-0.3, -0.25) is 9.59 Å². The Hall–Kier alpha value is -2.57. The number of methoxy groups -OCH3 is 2. The van der Waals surface area contributed by atoms with E-state index in [4.69, 9.17) is 9.47 Å². The second-order valence-corrected chi connectivity index (χ2v) is 6.34. The Morgan fingerprint density at radius 3 is 2.25 bits per heavy atom. The molecule has 132 valence electrons. The van der Waals surface area contributed by atoms with Gasteiger partial charge >= 0.3 is 5.97 Å². The Kier molecular flexibility index (Phi) is 6.34. The summed E-state index contributed by atoms with van der Waals surface area (Å²) in [5.41, 5.74) is -0.157. The molecule has 1 atom stereocenters. The lowest BCUT2D eigenvalue weighted by atomic mass is 9.95. The molecule has 24 heavy (non-hydrogen) atoms. The van der Waals surface area contributed by atoms with Gasteiger partial charge in [0.1, 0.15) is 11.8 Å². The lowest BCUT2D eigenvalue weighted by Gasteiger charge is -2.21. The molecular weight excluding hydrogens is 312 g/mol. The summed E-state index contributed by atoms with van der Waals surface area (Å²) >= 11 is 0. The number of nitrogens with one attached hydrogen (secondary N) is 2. The number of amides is 2. The van der Waals surface area contributed by atoms with Crippen LogP contribution in [0, 0.1) is 5.41 Å². The zero-order valence-electron chi connectivity index (χ0n) is 14.9. The van der Waals surface area contributed by atoms with Crippen molar-refractivity contribution in [3.8, 4) is 5.75 Å². The molecule has 0 aliphatic heterocycles. The molecular formula is C17H24N2O5. The van der Waals surface area contributed by atoms with Crippen LogP contribution in [-0.4, -0.2) is 38.0 Å². The van der Waals surface area contributed by atoms with Crippen LogP contribution >= 0.6 is 0 Å². The van der Waals surface area contributed by atoms with Crippen molar-refractivity contribution < 1.29 is 23.9 Å². The monoisotopic (exact) mass is 336 g/mol. The van der Waals surface area contributed by atoms with Gasteiger partial charge in [0.15, 0.2) is 0 Å². The van der Waals surface area contributed by atoms with Crippen molar-refractivity contribution in [2.45, 2.75) is 33.7 Å². The van der Waals surface area contributed by atoms with Crippen LogP contribution in [0.1, 0.15) is 38.1 Å². The fourth-order valence-corrected chi connectivity index (χ4v) is 1.76. The van der Waals surface area contributed by atoms with Crippen LogP contribution in [0.5, 0.6) is 5.75 Å². The van der Waals surface area contributed by atoms with E-state index in [2.05, 4.69) is 10.6 Å². The lowest BCUT2D eigenvalue weighted by Crippen LogP contribution is -2.46. The number of benzene rings is 1. The number of anilines is 1. The highest BCUT2D eigenvalue weighted by molar-refractivity contribution is 6.03. The highest BCUT2D eigenvalue weighted by Crippen LogP contribution is 2.23. The van der Waals surface area contributed by atoms with Gasteiger partial charge in [0.25, 0.3) is 0 Å². The Labute approximate surface area is 141 Å². The molecule has 0 bridgehead atoms. The van der Waals surface area contributed by atoms with Crippen LogP contribution < -0.4 is 15.4 Å². The van der Waals surface area contributed by atoms with E-state index in [0.717, 1.165) is 0 Å². The van der Waals surface area contributed by atoms with Crippen molar-refractivity contribution in [1.82, 2.24) is 5.32 Å². The van der Waals surface area contributed by atoms with Crippen LogP contribution in [0.4, 0.5) is 5.69 Å². The molecule has 0 radical (unpaired) electrons. The van der Waals surface area contributed by atoms with Crippen molar-refractivity contribution in [3.63, 3.8) is 0 Å². The number of hydrogen-bond donors (Lipinski definition) is 2. The predicted octanol–water partition coefficient (Wildman–Crippen LogP) is 1.97. The molecule has 2 amide bonds. The lowest BCUT2D eigenvalue weighted by molar-refractivity contribution is -0.131. The topological polar surface area (TPSA) is 93.7 Å². The molecule has 0 spiro atoms. The number of esters is 1. The van der Waals surface area contributed by atoms with Gasteiger partial charge in [-0.25, -0.2) is 4.79 Å². The fraction of sp³-hybridized carbons (Fsp3) is 0.471. The molecule has 7 nitrogen and oxygen atoms in total. The van der Waals surface area contributed by atoms with Crippen LogP contribution in [0.15, 0.2) is 18.2 Å². The molecule has 0 fully saturated rings. The van der Waals surface area contributed by atoms with E-state index in [0.29, 0.717) is 5.75 Å². The second kappa shape index (κ2) is 7.81. The van der Waals surface area contributed by atoms with E-state index in [1.165, 1.54) is 20.3 Å². The number of hydrogen-bond acceptors (Lipinski definition) is 5. The van der Waals surface area contributed by atoms with Gasteiger partial charge in [-0.05, 0) is 25.1 Å². The maximum atomic E-state index is 12.3. The third-order valence-electron chi connectivity index (χ3n) is 3.31. The number of rotatable bonds is 5. The van der Waals surface area contributed by atoms with Gasteiger partial charge in [0.2, 0.25) is 11.8 Å². The first kappa shape index (κ1) is 19.5. The van der Waals surface area contributed by atoms with Crippen molar-refractivity contribution in [2.24, 2.45) is 5.41 Å². The fourth-order valence-electron chi connectivity index (χ4n) is 1.76. The molecule has 2 N–H and O–H groups in total. The molecule has 1 aromatic carbocycles. The maximum Gasteiger partial charge on any atom is 0.340 e. The van der Waals surface area contributed by atoms with Gasteiger partial charge in [-0.1, -0.05) is 20.8 Å². The van der Waals surface area contributed by atoms with E-state index >= 15 is 0 Å². The zero-order valence-corrected chi connectivity index (χ0v) is 14.9. The minimum absolute atomic E-state index is 0.166. The summed E-state index contributed by atoms with van der Waals surface area (Å²) in [6.45, 7) is 6.84. The molecule has 1 unspecified atom stereocenters. The largest absolute Gasteiger partial charge is 0.497 e. The Morgan fingerprint density at radius 1 is 1.12 bits per heavy atom. The standard InChI is InChI=1S/C17H24N2O5/c1-10(18-16(22)17(2,3)4)14(20)19-13-8-7-11(23-5)9-12(13)15(21)24-6/h7-10H,1-6H3,(H,18,22)(H,19,20). The summed E-state index contributed by atoms with van der Waals surface area (Å²) in [5.74, 6) is -0.825. The zero-order chi connectivity index (χ0) is 18.5.